The van der Waals surface area contributed by atoms with Gasteiger partial charge in [-0.05, 0) is 32.5 Å². The Morgan fingerprint density at radius 3 is 3.00 bits per heavy atom. The normalized spacial score (nSPS) is 41.7. The second-order valence-electron chi connectivity index (χ2n) is 3.66. The lowest BCUT2D eigenvalue weighted by Crippen LogP contribution is -2.37. The monoisotopic (exact) mass is 139 g/mol. The fourth-order valence-corrected chi connectivity index (χ4v) is 2.12. The number of likely N-dealkylation sites (tertiary alicyclic amines) is 1. The van der Waals surface area contributed by atoms with Gasteiger partial charge >= 0.3 is 0 Å². The molecule has 2 fully saturated rings. The number of hydrogen-bond donors (Lipinski definition) is 0. The van der Waals surface area contributed by atoms with Crippen LogP contribution < -0.4 is 0 Å². The van der Waals surface area contributed by atoms with Crippen LogP contribution in [0.4, 0.5) is 0 Å². The maximum Gasteiger partial charge on any atom is -0.000782 e. The fourth-order valence-electron chi connectivity index (χ4n) is 2.12. The molecule has 0 aromatic rings. The third-order valence-electron chi connectivity index (χ3n) is 2.82. The third-order valence-corrected chi connectivity index (χ3v) is 2.82. The van der Waals surface area contributed by atoms with Crippen molar-refractivity contribution in [3.8, 4) is 0 Å². The molecular weight excluding hydrogens is 124 g/mol. The second kappa shape index (κ2) is 2.51. The Kier molecular flexibility index (Phi) is 1.66. The Morgan fingerprint density at radius 1 is 1.30 bits per heavy atom. The number of rotatable bonds is 0. The van der Waals surface area contributed by atoms with Gasteiger partial charge in [-0.2, -0.15) is 0 Å². The van der Waals surface area contributed by atoms with Crippen LogP contribution in [-0.2, 0) is 0 Å². The summed E-state index contributed by atoms with van der Waals surface area (Å²) in [6.45, 7) is 4.86. The van der Waals surface area contributed by atoms with Gasteiger partial charge in [0.05, 0.1) is 0 Å². The molecule has 2 unspecified atom stereocenters. The van der Waals surface area contributed by atoms with Crippen LogP contribution in [0.15, 0.2) is 0 Å². The molecule has 0 bridgehead atoms. The lowest BCUT2D eigenvalue weighted by Gasteiger charge is -2.33. The predicted octanol–water partition coefficient (Wildman–Crippen LogP) is 0.942. The van der Waals surface area contributed by atoms with Crippen LogP contribution >= 0.6 is 0 Å². The molecule has 10 heavy (non-hydrogen) atoms. The van der Waals surface area contributed by atoms with Crippen molar-refractivity contribution in [1.29, 1.82) is 0 Å². The van der Waals surface area contributed by atoms with Crippen molar-refractivity contribution in [2.75, 3.05) is 33.2 Å². The van der Waals surface area contributed by atoms with Crippen molar-refractivity contribution in [1.82, 2.24) is 4.90 Å². The quantitative estimate of drug-likeness (QED) is 0.488. The number of nitrogens with zero attached hydrogens (tertiary/aromatic N) is 2. The minimum Gasteiger partial charge on any atom is -0.662 e. The molecule has 2 atom stereocenters. The first kappa shape index (κ1) is 6.62. The smallest absolute Gasteiger partial charge is 0.000782 e. The first-order chi connectivity index (χ1) is 4.86. The van der Waals surface area contributed by atoms with Crippen LogP contribution in [-0.4, -0.2) is 38.1 Å². The summed E-state index contributed by atoms with van der Waals surface area (Å²) in [5, 5.41) is 4.44. The van der Waals surface area contributed by atoms with Crippen molar-refractivity contribution >= 4 is 0 Å². The van der Waals surface area contributed by atoms with Crippen molar-refractivity contribution < 1.29 is 0 Å². The summed E-state index contributed by atoms with van der Waals surface area (Å²) in [4.78, 5) is 2.43. The van der Waals surface area contributed by atoms with E-state index in [9.17, 15) is 0 Å². The van der Waals surface area contributed by atoms with Crippen molar-refractivity contribution in [2.24, 2.45) is 11.8 Å². The first-order valence-electron chi connectivity index (χ1n) is 4.18. The van der Waals surface area contributed by atoms with E-state index in [2.05, 4.69) is 17.3 Å². The summed E-state index contributed by atoms with van der Waals surface area (Å²) in [6, 6.07) is 0. The number of piperidine rings is 1. The molecule has 58 valence electrons. The Labute approximate surface area is 62.6 Å². The standard InChI is InChI=1S/C8H15N2/c1-10-3-2-7-4-9-5-8(7)6-10/h7-8H,2-6H2,1H3/q-1. The number of fused-ring (bicyclic) bond motifs is 1. The zero-order valence-corrected chi connectivity index (χ0v) is 6.58. The SMILES string of the molecule is CN1CCC2C[N-]CC2C1. The molecule has 2 heterocycles. The van der Waals surface area contributed by atoms with E-state index in [1.165, 1.54) is 19.5 Å². The highest BCUT2D eigenvalue weighted by atomic mass is 15.1. The summed E-state index contributed by atoms with van der Waals surface area (Å²) >= 11 is 0. The van der Waals surface area contributed by atoms with Crippen LogP contribution in [0.2, 0.25) is 0 Å². The van der Waals surface area contributed by atoms with E-state index < -0.39 is 0 Å². The van der Waals surface area contributed by atoms with Gasteiger partial charge in [-0.3, -0.25) is 0 Å². The Hall–Kier alpha value is -0.0800. The zero-order chi connectivity index (χ0) is 6.97. The highest BCUT2D eigenvalue weighted by Gasteiger charge is 2.25. The summed E-state index contributed by atoms with van der Waals surface area (Å²) in [6.07, 6.45) is 1.38. The molecule has 2 nitrogen and oxygen atoms in total. The van der Waals surface area contributed by atoms with E-state index in [1.54, 1.807) is 0 Å². The summed E-state index contributed by atoms with van der Waals surface area (Å²) < 4.78 is 0. The van der Waals surface area contributed by atoms with Gasteiger partial charge in [-0.25, -0.2) is 0 Å². The van der Waals surface area contributed by atoms with Gasteiger partial charge in [0.1, 0.15) is 0 Å². The largest absolute Gasteiger partial charge is 0.662 e. The van der Waals surface area contributed by atoms with Crippen molar-refractivity contribution in [3.63, 3.8) is 0 Å². The molecule has 2 heteroatoms. The van der Waals surface area contributed by atoms with Gasteiger partial charge in [0.15, 0.2) is 0 Å². The molecule has 0 saturated carbocycles. The summed E-state index contributed by atoms with van der Waals surface area (Å²) in [5.41, 5.74) is 0. The molecule has 0 aromatic heterocycles. The topological polar surface area (TPSA) is 17.3 Å². The molecular formula is C8H15N2-. The maximum absolute atomic E-state index is 4.44. The summed E-state index contributed by atoms with van der Waals surface area (Å²) in [7, 11) is 2.22. The van der Waals surface area contributed by atoms with Gasteiger partial charge in [-0.15, -0.1) is 13.1 Å². The summed E-state index contributed by atoms with van der Waals surface area (Å²) in [5.74, 6) is 1.84. The average Bonchev–Trinajstić information content (AvgIpc) is 2.33. The zero-order valence-electron chi connectivity index (χ0n) is 6.58. The van der Waals surface area contributed by atoms with Crippen LogP contribution in [0.5, 0.6) is 0 Å². The van der Waals surface area contributed by atoms with Crippen LogP contribution in [0.3, 0.4) is 0 Å². The van der Waals surface area contributed by atoms with Crippen molar-refractivity contribution in [3.05, 3.63) is 5.32 Å². The van der Waals surface area contributed by atoms with Gasteiger partial charge in [0.25, 0.3) is 0 Å². The molecule has 0 radical (unpaired) electrons. The van der Waals surface area contributed by atoms with Gasteiger partial charge < -0.3 is 10.2 Å². The lowest BCUT2D eigenvalue weighted by molar-refractivity contribution is 0.178. The van der Waals surface area contributed by atoms with Crippen molar-refractivity contribution in [2.45, 2.75) is 6.42 Å². The first-order valence-corrected chi connectivity index (χ1v) is 4.18. The maximum atomic E-state index is 4.44. The van der Waals surface area contributed by atoms with E-state index in [1.807, 2.05) is 0 Å². The third kappa shape index (κ3) is 1.06. The van der Waals surface area contributed by atoms with E-state index in [0.717, 1.165) is 24.9 Å². The van der Waals surface area contributed by atoms with Crippen LogP contribution in [0.25, 0.3) is 5.32 Å². The van der Waals surface area contributed by atoms with E-state index in [4.69, 9.17) is 0 Å². The molecule has 2 aliphatic heterocycles. The fraction of sp³-hybridized carbons (Fsp3) is 1.00. The number of hydrogen-bond acceptors (Lipinski definition) is 1. The second-order valence-corrected chi connectivity index (χ2v) is 3.66. The molecule has 0 aromatic carbocycles. The van der Waals surface area contributed by atoms with Gasteiger partial charge in [0, 0.05) is 0 Å². The van der Waals surface area contributed by atoms with E-state index >= 15 is 0 Å². The van der Waals surface area contributed by atoms with E-state index in [0.29, 0.717) is 0 Å². The van der Waals surface area contributed by atoms with Gasteiger partial charge in [-0.1, -0.05) is 5.92 Å². The molecule has 0 N–H and O–H groups in total. The van der Waals surface area contributed by atoms with Crippen LogP contribution in [0, 0.1) is 11.8 Å². The molecule has 0 aliphatic carbocycles. The Morgan fingerprint density at radius 2 is 2.10 bits per heavy atom. The molecule has 0 amide bonds. The Bertz CT molecular complexity index is 124. The highest BCUT2D eigenvalue weighted by Crippen LogP contribution is 2.30. The molecule has 2 aliphatic rings. The van der Waals surface area contributed by atoms with Gasteiger partial charge in [0.2, 0.25) is 0 Å². The van der Waals surface area contributed by atoms with E-state index in [-0.39, 0.29) is 0 Å². The molecule has 2 rings (SSSR count). The molecule has 0 spiro atoms. The lowest BCUT2D eigenvalue weighted by atomic mass is 9.89. The van der Waals surface area contributed by atoms with Crippen LogP contribution in [0.1, 0.15) is 6.42 Å². The highest BCUT2D eigenvalue weighted by molar-refractivity contribution is 5.00. The minimum atomic E-state index is 0.902. The molecule has 2 saturated heterocycles. The predicted molar refractivity (Wildman–Crippen MR) is 42.2 cm³/mol. The minimum absolute atomic E-state index is 0.902. The Balaban J connectivity index is 1.96. The average molecular weight is 139 g/mol.